The van der Waals surface area contributed by atoms with Crippen LogP contribution in [0.1, 0.15) is 6.42 Å². The molecule has 2 N–H and O–H groups in total. The molecule has 1 aliphatic heterocycles. The second kappa shape index (κ2) is 7.53. The van der Waals surface area contributed by atoms with Crippen molar-refractivity contribution < 1.29 is 24.2 Å². The quantitative estimate of drug-likeness (QED) is 0.816. The van der Waals surface area contributed by atoms with Gasteiger partial charge in [-0.05, 0) is 11.5 Å². The molecule has 2 aromatic carbocycles. The van der Waals surface area contributed by atoms with Crippen LogP contribution >= 0.6 is 0 Å². The van der Waals surface area contributed by atoms with E-state index in [-0.39, 0.29) is 31.3 Å². The first kappa shape index (κ1) is 17.9. The van der Waals surface area contributed by atoms with Crippen molar-refractivity contribution >= 4 is 34.2 Å². The van der Waals surface area contributed by atoms with Gasteiger partial charge in [-0.3, -0.25) is 9.59 Å². The van der Waals surface area contributed by atoms with Crippen LogP contribution in [-0.2, 0) is 19.1 Å². The Hall–Kier alpha value is -2.93. The van der Waals surface area contributed by atoms with Gasteiger partial charge in [0, 0.05) is 25.5 Å². The van der Waals surface area contributed by atoms with Crippen LogP contribution in [0.3, 0.4) is 0 Å². The zero-order valence-corrected chi connectivity index (χ0v) is 14.3. The van der Waals surface area contributed by atoms with Gasteiger partial charge in [-0.2, -0.15) is 0 Å². The summed E-state index contributed by atoms with van der Waals surface area (Å²) < 4.78 is 4.79. The number of nitrogens with one attached hydrogen (secondary N) is 1. The third-order valence-corrected chi connectivity index (χ3v) is 4.57. The van der Waals surface area contributed by atoms with E-state index in [4.69, 9.17) is 9.84 Å². The van der Waals surface area contributed by atoms with E-state index >= 15 is 0 Å². The van der Waals surface area contributed by atoms with Crippen molar-refractivity contribution in [1.82, 2.24) is 5.32 Å². The third kappa shape index (κ3) is 3.52. The molecule has 7 heteroatoms. The Bertz CT molecular complexity index is 845. The molecule has 2 amide bonds. The number of carbonyl (C=O) groups excluding carboxylic acids is 2. The molecule has 26 heavy (non-hydrogen) atoms. The number of nitrogens with zero attached hydrogens (tertiary/aromatic N) is 1. The summed E-state index contributed by atoms with van der Waals surface area (Å²) in [5.41, 5.74) is 0.781. The number of methoxy groups -OCH3 is 1. The van der Waals surface area contributed by atoms with Crippen LogP contribution in [0, 0.1) is 5.92 Å². The highest BCUT2D eigenvalue weighted by atomic mass is 16.5. The number of fused-ring (bicyclic) bond motifs is 1. The van der Waals surface area contributed by atoms with Crippen LogP contribution in [0.4, 0.5) is 5.69 Å². The number of amides is 2. The number of rotatable bonds is 6. The summed E-state index contributed by atoms with van der Waals surface area (Å²) in [5.74, 6) is -2.13. The maximum Gasteiger partial charge on any atom is 0.334 e. The van der Waals surface area contributed by atoms with Crippen LogP contribution < -0.4 is 10.2 Å². The minimum atomic E-state index is -1.15. The number of aliphatic carboxylic acids is 1. The van der Waals surface area contributed by atoms with E-state index in [0.717, 1.165) is 16.5 Å². The number of hydrogen-bond donors (Lipinski definition) is 2. The van der Waals surface area contributed by atoms with Crippen LogP contribution in [0.2, 0.25) is 0 Å². The van der Waals surface area contributed by atoms with Gasteiger partial charge in [-0.1, -0.05) is 36.4 Å². The Balaban J connectivity index is 1.72. The summed E-state index contributed by atoms with van der Waals surface area (Å²) in [7, 11) is 1.27. The molecule has 0 bridgehead atoms. The lowest BCUT2D eigenvalue weighted by atomic mass is 10.1. The number of ether oxygens (including phenoxy) is 1. The Kier molecular flexibility index (Phi) is 5.18. The normalized spacial score (nSPS) is 18.1. The zero-order valence-electron chi connectivity index (χ0n) is 14.3. The molecule has 0 spiro atoms. The Morgan fingerprint density at radius 3 is 2.73 bits per heavy atom. The predicted octanol–water partition coefficient (Wildman–Crippen LogP) is 1.41. The van der Waals surface area contributed by atoms with E-state index in [1.807, 2.05) is 42.5 Å². The van der Waals surface area contributed by atoms with E-state index in [9.17, 15) is 14.4 Å². The summed E-state index contributed by atoms with van der Waals surface area (Å²) in [6.45, 7) is 0.132. The number of hydrogen-bond acceptors (Lipinski definition) is 4. The Morgan fingerprint density at radius 1 is 1.27 bits per heavy atom. The standard InChI is InChI=1S/C19H20N2O5/c1-26-16(19(24)25)10-20-18(23)13-9-17(22)21(11-13)15-8-4-6-12-5-2-3-7-14(12)15/h2-8,13,16H,9-11H2,1H3,(H,20,23)(H,24,25). The minimum Gasteiger partial charge on any atom is -0.479 e. The molecular formula is C19H20N2O5. The average molecular weight is 356 g/mol. The largest absolute Gasteiger partial charge is 0.479 e. The molecule has 2 unspecified atom stereocenters. The zero-order chi connectivity index (χ0) is 18.7. The van der Waals surface area contributed by atoms with Crippen molar-refractivity contribution in [3.8, 4) is 0 Å². The van der Waals surface area contributed by atoms with Crippen LogP contribution in [-0.4, -0.2) is 49.2 Å². The van der Waals surface area contributed by atoms with Gasteiger partial charge in [0.2, 0.25) is 11.8 Å². The van der Waals surface area contributed by atoms with Gasteiger partial charge in [0.15, 0.2) is 6.10 Å². The van der Waals surface area contributed by atoms with Gasteiger partial charge in [0.25, 0.3) is 0 Å². The molecule has 1 heterocycles. The fourth-order valence-corrected chi connectivity index (χ4v) is 3.17. The van der Waals surface area contributed by atoms with Crippen LogP contribution in [0.25, 0.3) is 10.8 Å². The molecule has 0 radical (unpaired) electrons. The summed E-state index contributed by atoms with van der Waals surface area (Å²) in [4.78, 5) is 37.4. The first-order valence-electron chi connectivity index (χ1n) is 8.32. The number of benzene rings is 2. The van der Waals surface area contributed by atoms with Crippen molar-refractivity contribution in [1.29, 1.82) is 0 Å². The highest BCUT2D eigenvalue weighted by Crippen LogP contribution is 2.31. The molecule has 1 aliphatic rings. The van der Waals surface area contributed by atoms with Crippen LogP contribution in [0.15, 0.2) is 42.5 Å². The number of anilines is 1. The van der Waals surface area contributed by atoms with E-state index < -0.39 is 18.0 Å². The molecule has 2 atom stereocenters. The second-order valence-electron chi connectivity index (χ2n) is 6.21. The van der Waals surface area contributed by atoms with E-state index in [2.05, 4.69) is 5.32 Å². The highest BCUT2D eigenvalue weighted by molar-refractivity contribution is 6.07. The summed E-state index contributed by atoms with van der Waals surface area (Å²) >= 11 is 0. The van der Waals surface area contributed by atoms with Crippen LogP contribution in [0.5, 0.6) is 0 Å². The lowest BCUT2D eigenvalue weighted by Gasteiger charge is -2.19. The first-order valence-corrected chi connectivity index (χ1v) is 8.32. The minimum absolute atomic E-state index is 0.0970. The fourth-order valence-electron chi connectivity index (χ4n) is 3.17. The molecule has 2 aromatic rings. The van der Waals surface area contributed by atoms with Crippen molar-refractivity contribution in [3.05, 3.63) is 42.5 Å². The van der Waals surface area contributed by atoms with E-state index in [1.165, 1.54) is 7.11 Å². The maximum atomic E-state index is 12.5. The van der Waals surface area contributed by atoms with Crippen molar-refractivity contribution in [3.63, 3.8) is 0 Å². The van der Waals surface area contributed by atoms with Gasteiger partial charge >= 0.3 is 5.97 Å². The first-order chi connectivity index (χ1) is 12.5. The third-order valence-electron chi connectivity index (χ3n) is 4.57. The number of carbonyl (C=O) groups is 3. The van der Waals surface area contributed by atoms with Crippen molar-refractivity contribution in [2.75, 3.05) is 25.1 Å². The van der Waals surface area contributed by atoms with E-state index in [0.29, 0.717) is 0 Å². The topological polar surface area (TPSA) is 95.9 Å². The van der Waals surface area contributed by atoms with Crippen molar-refractivity contribution in [2.24, 2.45) is 5.92 Å². The highest BCUT2D eigenvalue weighted by Gasteiger charge is 2.36. The second-order valence-corrected chi connectivity index (χ2v) is 6.21. The molecular weight excluding hydrogens is 336 g/mol. The van der Waals surface area contributed by atoms with Gasteiger partial charge in [0.05, 0.1) is 18.2 Å². The number of carboxylic acids is 1. The monoisotopic (exact) mass is 356 g/mol. The predicted molar refractivity (Wildman–Crippen MR) is 95.9 cm³/mol. The lowest BCUT2D eigenvalue weighted by molar-refractivity contribution is -0.148. The Labute approximate surface area is 150 Å². The summed E-state index contributed by atoms with van der Waals surface area (Å²) in [6.07, 6.45) is -1.01. The van der Waals surface area contributed by atoms with E-state index in [1.54, 1.807) is 4.90 Å². The molecule has 0 saturated carbocycles. The fraction of sp³-hybridized carbons (Fsp3) is 0.316. The SMILES string of the molecule is COC(CNC(=O)C1CC(=O)N(c2cccc3ccccc23)C1)C(=O)O. The molecule has 3 rings (SSSR count). The molecule has 1 fully saturated rings. The molecule has 7 nitrogen and oxygen atoms in total. The molecule has 0 aromatic heterocycles. The maximum absolute atomic E-state index is 12.5. The molecule has 1 saturated heterocycles. The average Bonchev–Trinajstić information content (AvgIpc) is 3.03. The lowest BCUT2D eigenvalue weighted by Crippen LogP contribution is -2.41. The summed E-state index contributed by atoms with van der Waals surface area (Å²) in [6, 6.07) is 13.5. The summed E-state index contributed by atoms with van der Waals surface area (Å²) in [5, 5.41) is 13.5. The molecule has 0 aliphatic carbocycles. The van der Waals surface area contributed by atoms with Gasteiger partial charge < -0.3 is 20.1 Å². The molecule has 136 valence electrons. The van der Waals surface area contributed by atoms with Gasteiger partial charge in [-0.15, -0.1) is 0 Å². The van der Waals surface area contributed by atoms with Crippen molar-refractivity contribution in [2.45, 2.75) is 12.5 Å². The number of carboxylic acid groups (broad SMARTS) is 1. The Morgan fingerprint density at radius 2 is 2.00 bits per heavy atom. The van der Waals surface area contributed by atoms with Gasteiger partial charge in [-0.25, -0.2) is 4.79 Å². The van der Waals surface area contributed by atoms with Gasteiger partial charge in [0.1, 0.15) is 0 Å². The smallest absolute Gasteiger partial charge is 0.334 e.